The van der Waals surface area contributed by atoms with Gasteiger partial charge in [-0.2, -0.15) is 0 Å². The molecular formula is C40H68N4O7. The lowest BCUT2D eigenvalue weighted by Gasteiger charge is -2.41. The van der Waals surface area contributed by atoms with Crippen LogP contribution in [0.15, 0.2) is 30.3 Å². The summed E-state index contributed by atoms with van der Waals surface area (Å²) in [5.41, 5.74) is 0.714. The number of nitrogens with zero attached hydrogens (tertiary/aromatic N) is 2. The number of rotatable bonds is 21. The molecule has 51 heavy (non-hydrogen) atoms. The number of aliphatic hydroxyl groups is 1. The predicted molar refractivity (Wildman–Crippen MR) is 201 cm³/mol. The number of nitrogens with one attached hydrogen (secondary N) is 2. The molecule has 11 nitrogen and oxygen atoms in total. The van der Waals surface area contributed by atoms with E-state index in [-0.39, 0.29) is 66.2 Å². The molecule has 0 spiro atoms. The van der Waals surface area contributed by atoms with Crippen LogP contribution in [0.3, 0.4) is 0 Å². The van der Waals surface area contributed by atoms with E-state index in [1.165, 1.54) is 0 Å². The second-order valence-electron chi connectivity index (χ2n) is 15.3. The van der Waals surface area contributed by atoms with Crippen molar-refractivity contribution in [3.05, 3.63) is 35.9 Å². The zero-order valence-electron chi connectivity index (χ0n) is 33.3. The van der Waals surface area contributed by atoms with Crippen molar-refractivity contribution in [2.24, 2.45) is 29.6 Å². The maximum absolute atomic E-state index is 14.2. The summed E-state index contributed by atoms with van der Waals surface area (Å²) in [7, 11) is 6.68. The lowest BCUT2D eigenvalue weighted by molar-refractivity contribution is -0.149. The normalized spacial score (nSPS) is 20.2. The number of likely N-dealkylation sites (N-methyl/N-ethyl adjacent to an activating group) is 2. The number of likely N-dealkylation sites (tertiary alicyclic amines) is 1. The Kier molecular flexibility index (Phi) is 18.2. The fourth-order valence-electron chi connectivity index (χ4n) is 7.76. The van der Waals surface area contributed by atoms with Gasteiger partial charge in [0.05, 0.1) is 54.8 Å². The Morgan fingerprint density at radius 2 is 1.59 bits per heavy atom. The van der Waals surface area contributed by atoms with Gasteiger partial charge in [-0.15, -0.1) is 0 Å². The van der Waals surface area contributed by atoms with E-state index in [1.807, 2.05) is 58.0 Å². The number of ether oxygens (including phenoxy) is 2. The second kappa shape index (κ2) is 21.0. The largest absolute Gasteiger partial charge is 0.386 e. The van der Waals surface area contributed by atoms with Crippen LogP contribution >= 0.6 is 0 Å². The van der Waals surface area contributed by atoms with Gasteiger partial charge in [-0.3, -0.25) is 19.2 Å². The minimum atomic E-state index is -0.871. The summed E-state index contributed by atoms with van der Waals surface area (Å²) in [6, 6.07) is 7.61. The highest BCUT2D eigenvalue weighted by Crippen LogP contribution is 2.31. The smallest absolute Gasteiger partial charge is 0.226 e. The molecule has 290 valence electrons. The van der Waals surface area contributed by atoms with Crippen LogP contribution in [-0.2, 0) is 28.7 Å². The molecule has 2 rings (SSSR count). The van der Waals surface area contributed by atoms with Crippen molar-refractivity contribution >= 4 is 23.5 Å². The molecule has 0 saturated carbocycles. The summed E-state index contributed by atoms with van der Waals surface area (Å²) in [6.45, 7) is 16.1. The SMILES string of the molecule is CC[C@H](C)[C@@H]([C@@H](CC(=O)N1CCCC1[C@H](OC)[C@@H](C)C(=O)N[C@H](C)[C@@H](O)c1ccccc1)OC)N(C)C(=O)[C@@H](CC(=O)[C@@H](NC)C(C)C)C(C)C. The lowest BCUT2D eigenvalue weighted by atomic mass is 9.84. The molecule has 1 aliphatic rings. The molecule has 3 amide bonds. The van der Waals surface area contributed by atoms with Crippen LogP contribution in [0.1, 0.15) is 99.2 Å². The van der Waals surface area contributed by atoms with Gasteiger partial charge in [-0.05, 0) is 50.1 Å². The molecular weight excluding hydrogens is 648 g/mol. The molecule has 10 atom stereocenters. The Morgan fingerprint density at radius 1 is 0.961 bits per heavy atom. The Bertz CT molecular complexity index is 1240. The third-order valence-electron chi connectivity index (χ3n) is 11.1. The molecule has 1 heterocycles. The molecule has 1 saturated heterocycles. The first-order valence-corrected chi connectivity index (χ1v) is 18.9. The predicted octanol–water partition coefficient (Wildman–Crippen LogP) is 4.62. The van der Waals surface area contributed by atoms with Gasteiger partial charge >= 0.3 is 0 Å². The number of amides is 3. The molecule has 1 aromatic carbocycles. The summed E-state index contributed by atoms with van der Waals surface area (Å²) in [4.78, 5) is 58.6. The number of methoxy groups -OCH3 is 2. The van der Waals surface area contributed by atoms with Crippen LogP contribution < -0.4 is 10.6 Å². The summed E-state index contributed by atoms with van der Waals surface area (Å²) in [5, 5.41) is 16.9. The number of hydrogen-bond acceptors (Lipinski definition) is 8. The zero-order chi connectivity index (χ0) is 38.6. The van der Waals surface area contributed by atoms with E-state index in [0.29, 0.717) is 18.5 Å². The molecule has 0 aromatic heterocycles. The van der Waals surface area contributed by atoms with Crippen LogP contribution in [0.25, 0.3) is 0 Å². The van der Waals surface area contributed by atoms with E-state index in [9.17, 15) is 24.3 Å². The molecule has 11 heteroatoms. The van der Waals surface area contributed by atoms with Crippen LogP contribution in [0, 0.1) is 29.6 Å². The average Bonchev–Trinajstić information content (AvgIpc) is 3.59. The average molecular weight is 717 g/mol. The van der Waals surface area contributed by atoms with E-state index in [0.717, 1.165) is 12.8 Å². The fourth-order valence-corrected chi connectivity index (χ4v) is 7.76. The monoisotopic (exact) mass is 717 g/mol. The number of carbonyl (C=O) groups excluding carboxylic acids is 4. The molecule has 1 unspecified atom stereocenters. The molecule has 1 aliphatic heterocycles. The van der Waals surface area contributed by atoms with Gasteiger partial charge in [0.25, 0.3) is 0 Å². The van der Waals surface area contributed by atoms with Crippen LogP contribution in [0.4, 0.5) is 0 Å². The number of hydrogen-bond donors (Lipinski definition) is 3. The van der Waals surface area contributed by atoms with E-state index >= 15 is 0 Å². The highest BCUT2D eigenvalue weighted by atomic mass is 16.5. The van der Waals surface area contributed by atoms with Crippen molar-refractivity contribution in [1.82, 2.24) is 20.4 Å². The van der Waals surface area contributed by atoms with Gasteiger partial charge < -0.3 is 35.0 Å². The van der Waals surface area contributed by atoms with Gasteiger partial charge in [-0.25, -0.2) is 0 Å². The first-order valence-electron chi connectivity index (χ1n) is 18.9. The minimum Gasteiger partial charge on any atom is -0.386 e. The number of benzene rings is 1. The minimum absolute atomic E-state index is 0.0129. The lowest BCUT2D eigenvalue weighted by Crippen LogP contribution is -2.54. The van der Waals surface area contributed by atoms with E-state index in [4.69, 9.17) is 9.47 Å². The quantitative estimate of drug-likeness (QED) is 0.168. The summed E-state index contributed by atoms with van der Waals surface area (Å²) < 4.78 is 11.9. The Morgan fingerprint density at radius 3 is 2.10 bits per heavy atom. The maximum Gasteiger partial charge on any atom is 0.226 e. The Hall–Kier alpha value is -2.86. The van der Waals surface area contributed by atoms with Crippen LogP contribution in [0.5, 0.6) is 0 Å². The van der Waals surface area contributed by atoms with Gasteiger partial charge in [0.15, 0.2) is 5.78 Å². The third kappa shape index (κ3) is 11.6. The van der Waals surface area contributed by atoms with Gasteiger partial charge in [0, 0.05) is 40.2 Å². The fraction of sp³-hybridized carbons (Fsp3) is 0.750. The van der Waals surface area contributed by atoms with Crippen molar-refractivity contribution < 1.29 is 33.8 Å². The Balaban J connectivity index is 2.24. The van der Waals surface area contributed by atoms with E-state index in [1.54, 1.807) is 52.0 Å². The summed E-state index contributed by atoms with van der Waals surface area (Å²) in [5.74, 6) is -1.54. The maximum atomic E-state index is 14.2. The van der Waals surface area contributed by atoms with Gasteiger partial charge in [0.2, 0.25) is 17.7 Å². The highest BCUT2D eigenvalue weighted by Gasteiger charge is 2.43. The van der Waals surface area contributed by atoms with Gasteiger partial charge in [-0.1, -0.05) is 85.2 Å². The van der Waals surface area contributed by atoms with Crippen molar-refractivity contribution in [3.8, 4) is 0 Å². The molecule has 1 fully saturated rings. The molecule has 3 N–H and O–H groups in total. The first kappa shape index (κ1) is 44.3. The molecule has 0 aliphatic carbocycles. The number of Topliss-reactive ketones (excluding diaryl/α,β-unsaturated/α-hetero) is 1. The second-order valence-corrected chi connectivity index (χ2v) is 15.3. The van der Waals surface area contributed by atoms with Crippen molar-refractivity contribution in [2.45, 2.75) is 130 Å². The van der Waals surface area contributed by atoms with Crippen molar-refractivity contribution in [3.63, 3.8) is 0 Å². The molecule has 0 radical (unpaired) electrons. The third-order valence-corrected chi connectivity index (χ3v) is 11.1. The summed E-state index contributed by atoms with van der Waals surface area (Å²) in [6.07, 6.45) is 0.381. The molecule has 1 aromatic rings. The first-order chi connectivity index (χ1) is 24.0. The topological polar surface area (TPSA) is 138 Å². The Labute approximate surface area is 307 Å². The standard InChI is InChI=1S/C40H68N4O7/c1-13-26(6)36(43(10)40(49)30(24(2)3)22-32(45)35(41-9)25(4)5)33(50-11)23-34(46)44-21-17-20-31(44)38(51-12)27(7)39(48)42-28(8)37(47)29-18-15-14-16-19-29/h14-16,18-19,24-28,30-31,33,35-38,41,47H,13,17,20-23H2,1-12H3,(H,42,48)/t26-,27+,28+,30-,31?,33+,35-,36-,37+,38+/m0/s1. The summed E-state index contributed by atoms with van der Waals surface area (Å²) >= 11 is 0. The zero-order valence-corrected chi connectivity index (χ0v) is 33.3. The van der Waals surface area contributed by atoms with E-state index in [2.05, 4.69) is 24.5 Å². The number of carbonyl (C=O) groups is 4. The highest BCUT2D eigenvalue weighted by molar-refractivity contribution is 5.90. The number of aliphatic hydroxyl groups excluding tert-OH is 1. The van der Waals surface area contributed by atoms with Crippen molar-refractivity contribution in [2.75, 3.05) is 34.9 Å². The molecule has 0 bridgehead atoms. The van der Waals surface area contributed by atoms with Crippen LogP contribution in [0.2, 0.25) is 0 Å². The number of ketones is 1. The van der Waals surface area contributed by atoms with Gasteiger partial charge in [0.1, 0.15) is 0 Å². The van der Waals surface area contributed by atoms with Crippen LogP contribution in [-0.4, -0.2) is 110 Å². The van der Waals surface area contributed by atoms with E-state index < -0.39 is 42.2 Å². The van der Waals surface area contributed by atoms with Crippen molar-refractivity contribution in [1.29, 1.82) is 0 Å².